The average Bonchev–Trinajstić information content (AvgIpc) is 2.08. The average molecular weight is 180 g/mol. The zero-order chi connectivity index (χ0) is 9.84. The van der Waals surface area contributed by atoms with Crippen LogP contribution in [-0.4, -0.2) is 5.78 Å². The van der Waals surface area contributed by atoms with Gasteiger partial charge < -0.3 is 0 Å². The molecule has 0 spiro atoms. The maximum atomic E-state index is 11.6. The highest BCUT2D eigenvalue weighted by molar-refractivity contribution is 5.81. The van der Waals surface area contributed by atoms with E-state index in [4.69, 9.17) is 0 Å². The first-order valence-electron chi connectivity index (χ1n) is 5.30. The summed E-state index contributed by atoms with van der Waals surface area (Å²) in [4.78, 5) is 11.6. The zero-order valence-electron chi connectivity index (χ0n) is 8.81. The monoisotopic (exact) mass is 180 g/mol. The largest absolute Gasteiger partial charge is 0.299 e. The fourth-order valence-electron chi connectivity index (χ4n) is 2.19. The number of allylic oxidation sites excluding steroid dienone is 1. The van der Waals surface area contributed by atoms with Crippen LogP contribution in [0.3, 0.4) is 0 Å². The van der Waals surface area contributed by atoms with E-state index in [-0.39, 0.29) is 5.92 Å². The van der Waals surface area contributed by atoms with Crippen molar-refractivity contribution in [3.05, 3.63) is 12.2 Å². The Kier molecular flexibility index (Phi) is 3.71. The number of hydrogen-bond acceptors (Lipinski definition) is 1. The molecule has 1 aliphatic carbocycles. The molecule has 0 radical (unpaired) electrons. The minimum atomic E-state index is 0.288. The van der Waals surface area contributed by atoms with Crippen molar-refractivity contribution in [2.45, 2.75) is 46.0 Å². The first-order valence-corrected chi connectivity index (χ1v) is 5.30. The van der Waals surface area contributed by atoms with Crippen LogP contribution in [0, 0.1) is 11.8 Å². The first kappa shape index (κ1) is 10.5. The predicted molar refractivity (Wildman–Crippen MR) is 55.6 cm³/mol. The van der Waals surface area contributed by atoms with Crippen LogP contribution in [0.25, 0.3) is 0 Å². The second kappa shape index (κ2) is 4.59. The van der Waals surface area contributed by atoms with Gasteiger partial charge in [-0.3, -0.25) is 4.79 Å². The zero-order valence-corrected chi connectivity index (χ0v) is 8.81. The van der Waals surface area contributed by atoms with E-state index in [9.17, 15) is 4.79 Å². The van der Waals surface area contributed by atoms with E-state index in [1.165, 1.54) is 6.42 Å². The Morgan fingerprint density at radius 3 is 2.85 bits per heavy atom. The fraction of sp³-hybridized carbons (Fsp3) is 0.750. The summed E-state index contributed by atoms with van der Waals surface area (Å²) in [5.74, 6) is 1.53. The van der Waals surface area contributed by atoms with Gasteiger partial charge in [-0.1, -0.05) is 18.9 Å². The first-order chi connectivity index (χ1) is 6.13. The third-order valence-corrected chi connectivity index (χ3v) is 3.04. The van der Waals surface area contributed by atoms with E-state index in [0.29, 0.717) is 5.78 Å². The van der Waals surface area contributed by atoms with Crippen molar-refractivity contribution in [3.8, 4) is 0 Å². The lowest BCUT2D eigenvalue weighted by Crippen LogP contribution is -2.24. The smallest absolute Gasteiger partial charge is 0.136 e. The van der Waals surface area contributed by atoms with Crippen molar-refractivity contribution in [3.63, 3.8) is 0 Å². The molecule has 0 amide bonds. The van der Waals surface area contributed by atoms with E-state index in [2.05, 4.69) is 13.5 Å². The lowest BCUT2D eigenvalue weighted by molar-refractivity contribution is -0.125. The van der Waals surface area contributed by atoms with E-state index >= 15 is 0 Å². The Hall–Kier alpha value is -0.590. The van der Waals surface area contributed by atoms with Crippen LogP contribution in [0.4, 0.5) is 0 Å². The molecule has 0 heterocycles. The lowest BCUT2D eigenvalue weighted by Gasteiger charge is -2.27. The van der Waals surface area contributed by atoms with Gasteiger partial charge in [0.2, 0.25) is 0 Å². The number of carbonyl (C=O) groups excluding carboxylic acids is 1. The van der Waals surface area contributed by atoms with E-state index < -0.39 is 0 Å². The molecule has 0 bridgehead atoms. The van der Waals surface area contributed by atoms with Gasteiger partial charge in [-0.15, -0.1) is 6.58 Å². The Morgan fingerprint density at radius 1 is 1.62 bits per heavy atom. The van der Waals surface area contributed by atoms with Crippen molar-refractivity contribution in [1.29, 1.82) is 0 Å². The summed E-state index contributed by atoms with van der Waals surface area (Å²) in [6.45, 7) is 8.12. The fourth-order valence-corrected chi connectivity index (χ4v) is 2.19. The molecule has 1 heteroatoms. The molecule has 1 nitrogen and oxygen atoms in total. The number of ketones is 1. The summed E-state index contributed by atoms with van der Waals surface area (Å²) in [5, 5.41) is 0. The quantitative estimate of drug-likeness (QED) is 0.609. The molecule has 0 saturated heterocycles. The molecule has 0 aromatic heterocycles. The van der Waals surface area contributed by atoms with Crippen molar-refractivity contribution in [2.75, 3.05) is 0 Å². The summed E-state index contributed by atoms with van der Waals surface area (Å²) < 4.78 is 0. The molecule has 0 aromatic rings. The second-order valence-corrected chi connectivity index (χ2v) is 4.37. The molecule has 1 rings (SSSR count). The van der Waals surface area contributed by atoms with Crippen molar-refractivity contribution < 1.29 is 4.79 Å². The minimum Gasteiger partial charge on any atom is -0.299 e. The van der Waals surface area contributed by atoms with E-state index in [0.717, 1.165) is 37.2 Å². The minimum absolute atomic E-state index is 0.288. The summed E-state index contributed by atoms with van der Waals surface area (Å²) in [7, 11) is 0. The number of rotatable bonds is 3. The molecule has 0 aromatic carbocycles. The van der Waals surface area contributed by atoms with Crippen LogP contribution in [-0.2, 0) is 4.79 Å². The predicted octanol–water partition coefficient (Wildman–Crippen LogP) is 3.35. The lowest BCUT2D eigenvalue weighted by atomic mass is 9.77. The molecule has 1 fully saturated rings. The normalized spacial score (nSPS) is 28.9. The molecular formula is C12H20O. The number of Topliss-reactive ketones (excluding diaryl/α,β-unsaturated/α-hetero) is 1. The van der Waals surface area contributed by atoms with Crippen LogP contribution in [0.1, 0.15) is 46.0 Å². The maximum absolute atomic E-state index is 11.6. The summed E-state index contributed by atoms with van der Waals surface area (Å²) in [6.07, 6.45) is 5.15. The topological polar surface area (TPSA) is 17.1 Å². The van der Waals surface area contributed by atoms with Gasteiger partial charge in [0.15, 0.2) is 0 Å². The highest BCUT2D eigenvalue weighted by atomic mass is 16.1. The Morgan fingerprint density at radius 2 is 2.31 bits per heavy atom. The van der Waals surface area contributed by atoms with Gasteiger partial charge in [0.05, 0.1) is 0 Å². The van der Waals surface area contributed by atoms with Gasteiger partial charge in [0.1, 0.15) is 5.78 Å². The molecular weight excluding hydrogens is 160 g/mol. The third-order valence-electron chi connectivity index (χ3n) is 3.04. The van der Waals surface area contributed by atoms with E-state index in [1.54, 1.807) is 0 Å². The molecule has 74 valence electrons. The molecule has 0 aliphatic heterocycles. The molecule has 1 saturated carbocycles. The van der Waals surface area contributed by atoms with Gasteiger partial charge in [0.25, 0.3) is 0 Å². The van der Waals surface area contributed by atoms with E-state index in [1.807, 2.05) is 6.92 Å². The maximum Gasteiger partial charge on any atom is 0.136 e. The molecule has 0 N–H and O–H groups in total. The van der Waals surface area contributed by atoms with Gasteiger partial charge >= 0.3 is 0 Å². The highest BCUT2D eigenvalue weighted by Gasteiger charge is 2.27. The molecule has 2 unspecified atom stereocenters. The highest BCUT2D eigenvalue weighted by Crippen LogP contribution is 2.31. The van der Waals surface area contributed by atoms with Crippen molar-refractivity contribution >= 4 is 5.78 Å². The van der Waals surface area contributed by atoms with Gasteiger partial charge in [-0.2, -0.15) is 0 Å². The summed E-state index contributed by atoms with van der Waals surface area (Å²) >= 11 is 0. The standard InChI is InChI=1S/C12H20O/c1-4-10-5-6-12(13)11(8-10)7-9(2)3/h10-11H,2,4-8H2,1,3H3. The summed E-state index contributed by atoms with van der Waals surface area (Å²) in [6, 6.07) is 0. The molecule has 1 aliphatic rings. The second-order valence-electron chi connectivity index (χ2n) is 4.37. The number of hydrogen-bond donors (Lipinski definition) is 0. The van der Waals surface area contributed by atoms with Gasteiger partial charge in [-0.05, 0) is 32.1 Å². The molecule has 2 atom stereocenters. The van der Waals surface area contributed by atoms with Crippen LogP contribution in [0.15, 0.2) is 12.2 Å². The Balaban J connectivity index is 2.49. The number of carbonyl (C=O) groups is 1. The van der Waals surface area contributed by atoms with Crippen LogP contribution >= 0.6 is 0 Å². The Bertz CT molecular complexity index is 205. The SMILES string of the molecule is C=C(C)CC1CC(CC)CCC1=O. The van der Waals surface area contributed by atoms with Gasteiger partial charge in [-0.25, -0.2) is 0 Å². The van der Waals surface area contributed by atoms with Crippen LogP contribution in [0.5, 0.6) is 0 Å². The third kappa shape index (κ3) is 2.98. The van der Waals surface area contributed by atoms with Gasteiger partial charge in [0, 0.05) is 12.3 Å². The van der Waals surface area contributed by atoms with Crippen LogP contribution < -0.4 is 0 Å². The summed E-state index contributed by atoms with van der Waals surface area (Å²) in [5.41, 5.74) is 1.15. The van der Waals surface area contributed by atoms with Crippen molar-refractivity contribution in [2.24, 2.45) is 11.8 Å². The Labute approximate surface area is 81.2 Å². The van der Waals surface area contributed by atoms with Crippen molar-refractivity contribution in [1.82, 2.24) is 0 Å². The molecule has 13 heavy (non-hydrogen) atoms. The van der Waals surface area contributed by atoms with Crippen LogP contribution in [0.2, 0.25) is 0 Å².